The zero-order valence-corrected chi connectivity index (χ0v) is 13.0. The molecule has 6 nitrogen and oxygen atoms in total. The number of ether oxygens (including phenoxy) is 1. The molecule has 0 spiro atoms. The summed E-state index contributed by atoms with van der Waals surface area (Å²) in [6.45, 7) is 0. The maximum absolute atomic E-state index is 12.5. The molecule has 21 heavy (non-hydrogen) atoms. The van der Waals surface area contributed by atoms with Gasteiger partial charge in [0.05, 0.1) is 17.8 Å². The van der Waals surface area contributed by atoms with Gasteiger partial charge in [0, 0.05) is 13.2 Å². The molecule has 0 saturated heterocycles. The summed E-state index contributed by atoms with van der Waals surface area (Å²) < 4.78 is 31.2. The molecule has 0 bridgehead atoms. The zero-order chi connectivity index (χ0) is 15.6. The van der Waals surface area contributed by atoms with E-state index in [0.717, 1.165) is 4.31 Å². The molecule has 0 saturated carbocycles. The molecule has 2 N–H and O–H groups in total. The van der Waals surface area contributed by atoms with Crippen molar-refractivity contribution in [1.29, 1.82) is 0 Å². The Labute approximate surface area is 128 Å². The van der Waals surface area contributed by atoms with E-state index in [-0.39, 0.29) is 15.7 Å². The highest BCUT2D eigenvalue weighted by molar-refractivity contribution is 7.92. The van der Waals surface area contributed by atoms with Crippen molar-refractivity contribution in [2.45, 2.75) is 4.90 Å². The van der Waals surface area contributed by atoms with Gasteiger partial charge in [-0.1, -0.05) is 11.6 Å². The average Bonchev–Trinajstić information content (AvgIpc) is 2.49. The molecule has 112 valence electrons. The maximum Gasteiger partial charge on any atom is 0.265 e. The van der Waals surface area contributed by atoms with Crippen LogP contribution in [0.1, 0.15) is 0 Å². The van der Waals surface area contributed by atoms with Crippen LogP contribution in [0.2, 0.25) is 5.02 Å². The van der Waals surface area contributed by atoms with Gasteiger partial charge in [-0.3, -0.25) is 4.31 Å². The molecular formula is C13H14ClN3O3S. The SMILES string of the molecule is COc1ccc(N(C)S(=O)(=O)c2cnc(N)c(Cl)c2)cc1. The summed E-state index contributed by atoms with van der Waals surface area (Å²) in [7, 11) is -0.776. The van der Waals surface area contributed by atoms with Gasteiger partial charge in [-0.15, -0.1) is 0 Å². The predicted octanol–water partition coefficient (Wildman–Crippen LogP) is 2.15. The lowest BCUT2D eigenvalue weighted by molar-refractivity contribution is 0.415. The monoisotopic (exact) mass is 327 g/mol. The van der Waals surface area contributed by atoms with Gasteiger partial charge < -0.3 is 10.5 Å². The smallest absolute Gasteiger partial charge is 0.265 e. The van der Waals surface area contributed by atoms with E-state index in [1.807, 2.05) is 0 Å². The van der Waals surface area contributed by atoms with Crippen molar-refractivity contribution >= 4 is 33.1 Å². The van der Waals surface area contributed by atoms with Gasteiger partial charge in [-0.25, -0.2) is 13.4 Å². The van der Waals surface area contributed by atoms with Gasteiger partial charge in [0.2, 0.25) is 0 Å². The zero-order valence-electron chi connectivity index (χ0n) is 11.4. The average molecular weight is 328 g/mol. The molecule has 0 aliphatic carbocycles. The van der Waals surface area contributed by atoms with Crippen LogP contribution in [-0.2, 0) is 10.0 Å². The number of nitrogens with zero attached hydrogens (tertiary/aromatic N) is 2. The van der Waals surface area contributed by atoms with E-state index in [9.17, 15) is 8.42 Å². The van der Waals surface area contributed by atoms with E-state index >= 15 is 0 Å². The van der Waals surface area contributed by atoms with Crippen molar-refractivity contribution in [3.63, 3.8) is 0 Å². The lowest BCUT2D eigenvalue weighted by atomic mass is 10.3. The Morgan fingerprint density at radius 1 is 1.29 bits per heavy atom. The number of pyridine rings is 1. The molecule has 1 aromatic carbocycles. The highest BCUT2D eigenvalue weighted by Crippen LogP contribution is 2.26. The molecule has 0 atom stereocenters. The van der Waals surface area contributed by atoms with Crippen molar-refractivity contribution in [2.75, 3.05) is 24.2 Å². The topological polar surface area (TPSA) is 85.5 Å². The number of benzene rings is 1. The fraction of sp³-hybridized carbons (Fsp3) is 0.154. The van der Waals surface area contributed by atoms with E-state index < -0.39 is 10.0 Å². The second-order valence-corrected chi connectivity index (χ2v) is 6.59. The molecule has 0 fully saturated rings. The molecule has 0 aliphatic heterocycles. The molecule has 0 aliphatic rings. The van der Waals surface area contributed by atoms with Crippen LogP contribution in [0.5, 0.6) is 5.75 Å². The molecule has 1 aromatic heterocycles. The van der Waals surface area contributed by atoms with Crippen LogP contribution in [-0.4, -0.2) is 27.6 Å². The van der Waals surface area contributed by atoms with Gasteiger partial charge >= 0.3 is 0 Å². The molecule has 2 rings (SSSR count). The lowest BCUT2D eigenvalue weighted by Crippen LogP contribution is -2.26. The van der Waals surface area contributed by atoms with E-state index in [1.165, 1.54) is 26.4 Å². The summed E-state index contributed by atoms with van der Waals surface area (Å²) in [6, 6.07) is 7.91. The molecule has 2 aromatic rings. The van der Waals surface area contributed by atoms with Crippen LogP contribution in [0.3, 0.4) is 0 Å². The number of sulfonamides is 1. The Balaban J connectivity index is 2.39. The van der Waals surface area contributed by atoms with Crippen molar-refractivity contribution in [2.24, 2.45) is 0 Å². The molecule has 0 radical (unpaired) electrons. The minimum absolute atomic E-state index is 0.0278. The number of anilines is 2. The summed E-state index contributed by atoms with van der Waals surface area (Å²) >= 11 is 5.82. The Hall–Kier alpha value is -1.99. The van der Waals surface area contributed by atoms with E-state index in [0.29, 0.717) is 11.4 Å². The molecule has 0 amide bonds. The molecule has 8 heteroatoms. The fourth-order valence-electron chi connectivity index (χ4n) is 1.66. The third-order valence-corrected chi connectivity index (χ3v) is 4.99. The number of nitrogens with two attached hydrogens (primary N) is 1. The third kappa shape index (κ3) is 3.03. The van der Waals surface area contributed by atoms with Gasteiger partial charge in [-0.2, -0.15) is 0 Å². The van der Waals surface area contributed by atoms with Crippen LogP contribution < -0.4 is 14.8 Å². The first-order valence-electron chi connectivity index (χ1n) is 5.90. The quantitative estimate of drug-likeness (QED) is 0.930. The number of methoxy groups -OCH3 is 1. The van der Waals surface area contributed by atoms with Gasteiger partial charge in [0.25, 0.3) is 10.0 Å². The second-order valence-electron chi connectivity index (χ2n) is 4.21. The van der Waals surface area contributed by atoms with Crippen molar-refractivity contribution < 1.29 is 13.2 Å². The second kappa shape index (κ2) is 5.79. The number of halogens is 1. The fourth-order valence-corrected chi connectivity index (χ4v) is 3.06. The van der Waals surface area contributed by atoms with Crippen LogP contribution in [0.4, 0.5) is 11.5 Å². The largest absolute Gasteiger partial charge is 0.497 e. The first kappa shape index (κ1) is 15.4. The Bertz CT molecular complexity index is 748. The summed E-state index contributed by atoms with van der Waals surface area (Å²) in [5, 5.41) is 0.0965. The Morgan fingerprint density at radius 3 is 2.43 bits per heavy atom. The van der Waals surface area contributed by atoms with Gasteiger partial charge in [0.15, 0.2) is 0 Å². The van der Waals surface area contributed by atoms with E-state index in [1.54, 1.807) is 24.3 Å². The van der Waals surface area contributed by atoms with Gasteiger partial charge in [-0.05, 0) is 30.3 Å². The highest BCUT2D eigenvalue weighted by atomic mass is 35.5. The van der Waals surface area contributed by atoms with E-state index in [4.69, 9.17) is 22.1 Å². The Kier molecular flexibility index (Phi) is 4.24. The summed E-state index contributed by atoms with van der Waals surface area (Å²) in [4.78, 5) is 3.74. The van der Waals surface area contributed by atoms with Crippen LogP contribution >= 0.6 is 11.6 Å². The first-order chi connectivity index (χ1) is 9.86. The molecular weight excluding hydrogens is 314 g/mol. The van der Waals surface area contributed by atoms with Gasteiger partial charge in [0.1, 0.15) is 16.5 Å². The molecule has 0 unspecified atom stereocenters. The number of aromatic nitrogens is 1. The Morgan fingerprint density at radius 2 is 1.90 bits per heavy atom. The molecule has 1 heterocycles. The normalized spacial score (nSPS) is 11.2. The lowest BCUT2D eigenvalue weighted by Gasteiger charge is -2.19. The van der Waals surface area contributed by atoms with E-state index in [2.05, 4.69) is 4.98 Å². The first-order valence-corrected chi connectivity index (χ1v) is 7.72. The number of nitrogen functional groups attached to an aromatic ring is 1. The minimum atomic E-state index is -3.76. The van der Waals surface area contributed by atoms with Crippen molar-refractivity contribution in [3.8, 4) is 5.75 Å². The summed E-state index contributed by atoms with van der Waals surface area (Å²) in [6.07, 6.45) is 1.18. The summed E-state index contributed by atoms with van der Waals surface area (Å²) in [5.74, 6) is 0.726. The van der Waals surface area contributed by atoms with Crippen molar-refractivity contribution in [1.82, 2.24) is 4.98 Å². The van der Waals surface area contributed by atoms with Crippen molar-refractivity contribution in [3.05, 3.63) is 41.6 Å². The number of rotatable bonds is 4. The maximum atomic E-state index is 12.5. The highest BCUT2D eigenvalue weighted by Gasteiger charge is 2.22. The minimum Gasteiger partial charge on any atom is -0.497 e. The standard InChI is InChI=1S/C13H14ClN3O3S/c1-17(9-3-5-10(20-2)6-4-9)21(18,19)11-7-12(14)13(15)16-8-11/h3-8H,1-2H3,(H2,15,16). The number of hydrogen-bond donors (Lipinski definition) is 1. The predicted molar refractivity (Wildman–Crippen MR) is 82.2 cm³/mol. The van der Waals surface area contributed by atoms with Crippen LogP contribution in [0.25, 0.3) is 0 Å². The van der Waals surface area contributed by atoms with Crippen LogP contribution in [0, 0.1) is 0 Å². The van der Waals surface area contributed by atoms with Crippen LogP contribution in [0.15, 0.2) is 41.4 Å². The third-order valence-electron chi connectivity index (χ3n) is 2.94. The number of hydrogen-bond acceptors (Lipinski definition) is 5. The summed E-state index contributed by atoms with van der Waals surface area (Å²) in [5.41, 5.74) is 5.98.